The zero-order valence-corrected chi connectivity index (χ0v) is 28.3. The number of carbonyl (C=O) groups excluding carboxylic acids is 4. The summed E-state index contributed by atoms with van der Waals surface area (Å²) in [5.74, 6) is -3.27. The Bertz CT molecular complexity index is 1680. The fourth-order valence-corrected chi connectivity index (χ4v) is 5.52. The van der Waals surface area contributed by atoms with Crippen molar-refractivity contribution in [2.75, 3.05) is 12.3 Å². The number of thiazole rings is 1. The molecule has 1 fully saturated rings. The molecule has 19 heteroatoms. The summed E-state index contributed by atoms with van der Waals surface area (Å²) >= 11 is 0.940. The molecule has 16 nitrogen and oxygen atoms in total. The number of rotatable bonds is 12. The monoisotopic (exact) mass is 682 g/mol. The number of hydrogen-bond donors (Lipinski definition) is 3. The minimum absolute atomic E-state index is 0. The smallest absolute Gasteiger partial charge is 0.731 e. The SMILES string of the molecule is CC(C)(O/N=C(\C(=O)N[C@H]1C(=O)N(S(=O)(=O)[O-])[C@H]1COC(N)=O)c1csc(N)n1)C(=O)OC(c1ccccc1)c1ccccc1.[Na+]. The Kier molecular flexibility index (Phi) is 11.9. The minimum atomic E-state index is -5.32. The molecule has 1 saturated heterocycles. The van der Waals surface area contributed by atoms with Crippen LogP contribution in [0.1, 0.15) is 36.8 Å². The predicted molar refractivity (Wildman–Crippen MR) is 157 cm³/mol. The van der Waals surface area contributed by atoms with Gasteiger partial charge in [-0.2, -0.15) is 0 Å². The van der Waals surface area contributed by atoms with Crippen molar-refractivity contribution in [2.45, 2.75) is 37.6 Å². The number of nitrogens with zero attached hydrogens (tertiary/aromatic N) is 3. The standard InChI is InChI=1S/C27H28N6O10S2.Na/c1-27(2,24(36)42-21(15-9-5-3-6-10-15)16-11-7-4-8-12-16)43-32-19(17-14-44-25(28)30-17)22(34)31-20-18(13-41-26(29)37)33(23(20)35)45(38,39)40;/h3-12,14,18,20-21H,13H2,1-2H3,(H2,28,30)(H2,29,37)(H,31,34)(H,38,39,40);/q;+1/p-1/b32-19-;/t18-,20+;/m0./s1. The van der Waals surface area contributed by atoms with Crippen LogP contribution in [0.4, 0.5) is 9.93 Å². The molecule has 46 heavy (non-hydrogen) atoms. The van der Waals surface area contributed by atoms with E-state index in [9.17, 15) is 32.1 Å². The van der Waals surface area contributed by atoms with E-state index in [0.29, 0.717) is 11.1 Å². The summed E-state index contributed by atoms with van der Waals surface area (Å²) in [6.07, 6.45) is -2.12. The van der Waals surface area contributed by atoms with Crippen molar-refractivity contribution in [1.82, 2.24) is 14.6 Å². The number of anilines is 1. The molecular formula is C27H27N6NaO10S2. The first-order valence-electron chi connectivity index (χ1n) is 13.0. The quantitative estimate of drug-likeness (QED) is 0.0461. The molecule has 5 N–H and O–H groups in total. The molecule has 0 saturated carbocycles. The molecule has 2 heterocycles. The van der Waals surface area contributed by atoms with Gasteiger partial charge in [-0.3, -0.25) is 9.59 Å². The first kappa shape index (κ1) is 36.4. The topological polar surface area (TPSA) is 246 Å². The first-order chi connectivity index (χ1) is 21.2. The molecule has 238 valence electrons. The summed E-state index contributed by atoms with van der Waals surface area (Å²) in [6.45, 7) is 1.88. The summed E-state index contributed by atoms with van der Waals surface area (Å²) in [6, 6.07) is 14.7. The number of aromatic nitrogens is 1. The van der Waals surface area contributed by atoms with Crippen molar-refractivity contribution < 1.29 is 76.0 Å². The van der Waals surface area contributed by atoms with Gasteiger partial charge < -0.3 is 35.6 Å². The van der Waals surface area contributed by atoms with E-state index in [1.54, 1.807) is 48.5 Å². The number of nitrogens with one attached hydrogen (secondary N) is 1. The van der Waals surface area contributed by atoms with Crippen LogP contribution in [0.5, 0.6) is 0 Å². The van der Waals surface area contributed by atoms with Gasteiger partial charge in [0.1, 0.15) is 24.4 Å². The predicted octanol–water partition coefficient (Wildman–Crippen LogP) is -2.19. The van der Waals surface area contributed by atoms with Crippen LogP contribution in [-0.4, -0.2) is 76.1 Å². The van der Waals surface area contributed by atoms with E-state index in [1.807, 2.05) is 12.1 Å². The number of esters is 1. The van der Waals surface area contributed by atoms with Crippen molar-refractivity contribution in [1.29, 1.82) is 0 Å². The van der Waals surface area contributed by atoms with Crippen molar-refractivity contribution in [3.8, 4) is 0 Å². The molecule has 3 amide bonds. The van der Waals surface area contributed by atoms with Gasteiger partial charge in [0.05, 0.1) is 0 Å². The van der Waals surface area contributed by atoms with Crippen molar-refractivity contribution in [2.24, 2.45) is 10.9 Å². The Labute approximate surface area is 289 Å². The molecule has 0 radical (unpaired) electrons. The third-order valence-corrected chi connectivity index (χ3v) is 7.97. The van der Waals surface area contributed by atoms with Gasteiger partial charge in [-0.1, -0.05) is 65.8 Å². The van der Waals surface area contributed by atoms with Crippen molar-refractivity contribution in [3.63, 3.8) is 0 Å². The van der Waals surface area contributed by atoms with E-state index in [0.717, 1.165) is 11.3 Å². The Morgan fingerprint density at radius 3 is 2.15 bits per heavy atom. The second kappa shape index (κ2) is 15.0. The molecule has 0 unspecified atom stereocenters. The molecule has 1 aliphatic rings. The molecule has 0 aliphatic carbocycles. The first-order valence-corrected chi connectivity index (χ1v) is 15.2. The van der Waals surface area contributed by atoms with Crippen LogP contribution in [-0.2, 0) is 39.0 Å². The molecule has 0 spiro atoms. The van der Waals surface area contributed by atoms with E-state index >= 15 is 0 Å². The number of primary amides is 1. The summed E-state index contributed by atoms with van der Waals surface area (Å²) in [5, 5.41) is 7.44. The second-order valence-electron chi connectivity index (χ2n) is 9.96. The second-order valence-corrected chi connectivity index (χ2v) is 12.1. The van der Waals surface area contributed by atoms with Gasteiger partial charge in [0.25, 0.3) is 11.8 Å². The number of amides is 3. The van der Waals surface area contributed by atoms with Crippen molar-refractivity contribution in [3.05, 3.63) is 82.9 Å². The molecule has 1 aromatic heterocycles. The number of carbonyl (C=O) groups is 4. The van der Waals surface area contributed by atoms with Crippen LogP contribution in [0.15, 0.2) is 71.2 Å². The Hall–Kier alpha value is -4.07. The normalized spacial score (nSPS) is 16.6. The molecule has 1 aliphatic heterocycles. The number of benzene rings is 2. The number of β-lactam (4-membered cyclic amide) rings is 1. The fraction of sp³-hybridized carbons (Fsp3) is 0.259. The van der Waals surface area contributed by atoms with Crippen LogP contribution >= 0.6 is 11.3 Å². The third-order valence-electron chi connectivity index (χ3n) is 6.36. The van der Waals surface area contributed by atoms with E-state index in [-0.39, 0.29) is 44.7 Å². The van der Waals surface area contributed by atoms with Gasteiger partial charge >= 0.3 is 41.6 Å². The van der Waals surface area contributed by atoms with Gasteiger partial charge in [-0.05, 0) is 25.0 Å². The minimum Gasteiger partial charge on any atom is -0.731 e. The van der Waals surface area contributed by atoms with Crippen LogP contribution in [0.3, 0.4) is 0 Å². The van der Waals surface area contributed by atoms with Crippen molar-refractivity contribution >= 4 is 56.4 Å². The fourth-order valence-electron chi connectivity index (χ4n) is 4.12. The largest absolute Gasteiger partial charge is 1.00 e. The summed E-state index contributed by atoms with van der Waals surface area (Å²) in [5.41, 5.74) is 9.53. The zero-order chi connectivity index (χ0) is 32.9. The Balaban J connectivity index is 0.00000576. The van der Waals surface area contributed by atoms with Crippen LogP contribution in [0.25, 0.3) is 0 Å². The average molecular weight is 683 g/mol. The van der Waals surface area contributed by atoms with E-state index in [4.69, 9.17) is 21.0 Å². The van der Waals surface area contributed by atoms with E-state index < -0.39 is 70.3 Å². The Morgan fingerprint density at radius 2 is 1.67 bits per heavy atom. The summed E-state index contributed by atoms with van der Waals surface area (Å²) < 4.78 is 45.0. The number of ether oxygens (including phenoxy) is 2. The third kappa shape index (κ3) is 8.59. The summed E-state index contributed by atoms with van der Waals surface area (Å²) in [4.78, 5) is 59.8. The Morgan fingerprint density at radius 1 is 1.11 bits per heavy atom. The van der Waals surface area contributed by atoms with Gasteiger partial charge in [-0.15, -0.1) is 11.3 Å². The van der Waals surface area contributed by atoms with Crippen LogP contribution in [0, 0.1) is 0 Å². The summed E-state index contributed by atoms with van der Waals surface area (Å²) in [7, 11) is -5.32. The molecular weight excluding hydrogens is 655 g/mol. The van der Waals surface area contributed by atoms with E-state index in [2.05, 4.69) is 20.2 Å². The average Bonchev–Trinajstić information content (AvgIpc) is 3.42. The zero-order valence-electron chi connectivity index (χ0n) is 24.7. The van der Waals surface area contributed by atoms with Gasteiger partial charge in [0.2, 0.25) is 5.60 Å². The van der Waals surface area contributed by atoms with Crippen LogP contribution in [0.2, 0.25) is 0 Å². The number of nitrogen functional groups attached to an aromatic ring is 1. The molecule has 4 rings (SSSR count). The van der Waals surface area contributed by atoms with Gasteiger partial charge in [0.15, 0.2) is 27.3 Å². The van der Waals surface area contributed by atoms with Crippen LogP contribution < -0.4 is 46.3 Å². The molecule has 2 atom stereocenters. The molecule has 0 bridgehead atoms. The number of hydrogen-bond acceptors (Lipinski definition) is 14. The maximum absolute atomic E-state index is 13.4. The number of nitrogens with two attached hydrogens (primary N) is 2. The van der Waals surface area contributed by atoms with E-state index in [1.165, 1.54) is 19.2 Å². The maximum Gasteiger partial charge on any atom is 1.00 e. The van der Waals surface area contributed by atoms with Gasteiger partial charge in [-0.25, -0.2) is 27.3 Å². The molecule has 3 aromatic rings. The number of oxime groups is 1. The molecule has 2 aromatic carbocycles. The maximum atomic E-state index is 13.4. The van der Waals surface area contributed by atoms with Gasteiger partial charge in [0, 0.05) is 5.38 Å².